The Labute approximate surface area is 113 Å². The molecule has 0 amide bonds. The Bertz CT molecular complexity index is 703. The van der Waals surface area contributed by atoms with Crippen LogP contribution >= 0.6 is 0 Å². The van der Waals surface area contributed by atoms with Crippen LogP contribution in [0.2, 0.25) is 0 Å². The molecule has 2 rings (SSSR count). The highest BCUT2D eigenvalue weighted by atomic mass is 32.2. The fraction of sp³-hybridized carbons (Fsp3) is 0.333. The van der Waals surface area contributed by atoms with Crippen LogP contribution in [0.3, 0.4) is 0 Å². The molecule has 0 aromatic heterocycles. The molecule has 0 saturated carbocycles. The van der Waals surface area contributed by atoms with Crippen LogP contribution in [0.1, 0.15) is 18.1 Å². The third-order valence-corrected chi connectivity index (χ3v) is 5.10. The molecule has 1 N–H and O–H groups in total. The Balaban J connectivity index is 2.63. The predicted molar refractivity (Wildman–Crippen MR) is 77.2 cm³/mol. The molecule has 0 bridgehead atoms. The summed E-state index contributed by atoms with van der Waals surface area (Å²) in [6.45, 7) is 3.81. The molecule has 0 spiro atoms. The summed E-state index contributed by atoms with van der Waals surface area (Å²) in [6.07, 6.45) is 0.923. The van der Waals surface area contributed by atoms with Crippen LogP contribution in [0.25, 0.3) is 10.8 Å². The van der Waals surface area contributed by atoms with Gasteiger partial charge >= 0.3 is 0 Å². The van der Waals surface area contributed by atoms with E-state index in [1.807, 2.05) is 18.2 Å². The average Bonchev–Trinajstić information content (AvgIpc) is 2.38. The molecule has 102 valence electrons. The van der Waals surface area contributed by atoms with E-state index in [1.165, 1.54) is 11.1 Å². The van der Waals surface area contributed by atoms with Crippen LogP contribution in [0.5, 0.6) is 0 Å². The fourth-order valence-electron chi connectivity index (χ4n) is 2.38. The van der Waals surface area contributed by atoms with Crippen LogP contribution in [0, 0.1) is 6.92 Å². The van der Waals surface area contributed by atoms with E-state index in [9.17, 15) is 8.42 Å². The zero-order valence-electron chi connectivity index (χ0n) is 11.2. The van der Waals surface area contributed by atoms with Crippen LogP contribution < -0.4 is 0 Å². The number of sulfone groups is 1. The quantitative estimate of drug-likeness (QED) is 0.934. The number of hydrogen-bond acceptors (Lipinski definition) is 3. The molecule has 0 aliphatic heterocycles. The number of hydrogen-bond donors (Lipinski definition) is 1. The third-order valence-electron chi connectivity index (χ3n) is 3.41. The zero-order chi connectivity index (χ0) is 14.0. The second kappa shape index (κ2) is 5.31. The maximum atomic E-state index is 11.9. The van der Waals surface area contributed by atoms with Crippen molar-refractivity contribution in [2.24, 2.45) is 0 Å². The molecular weight excluding hydrogens is 260 g/mol. The Morgan fingerprint density at radius 3 is 2.53 bits per heavy atom. The van der Waals surface area contributed by atoms with E-state index in [2.05, 4.69) is 13.8 Å². The maximum Gasteiger partial charge on any atom is 0.180 e. The minimum Gasteiger partial charge on any atom is -0.395 e. The monoisotopic (exact) mass is 278 g/mol. The van der Waals surface area contributed by atoms with Gasteiger partial charge in [0.25, 0.3) is 0 Å². The first-order valence-electron chi connectivity index (χ1n) is 6.35. The molecule has 0 fully saturated rings. The summed E-state index contributed by atoms with van der Waals surface area (Å²) in [7, 11) is -3.38. The molecule has 0 saturated heterocycles. The topological polar surface area (TPSA) is 54.4 Å². The molecule has 4 heteroatoms. The van der Waals surface area contributed by atoms with Gasteiger partial charge < -0.3 is 5.11 Å². The number of rotatable bonds is 4. The second-order valence-electron chi connectivity index (χ2n) is 4.64. The lowest BCUT2D eigenvalue weighted by molar-refractivity contribution is 0.319. The molecule has 2 aromatic rings. The van der Waals surface area contributed by atoms with Gasteiger partial charge in [0.2, 0.25) is 0 Å². The summed E-state index contributed by atoms with van der Waals surface area (Å²) in [4.78, 5) is 0.278. The Morgan fingerprint density at radius 2 is 1.89 bits per heavy atom. The molecule has 0 unspecified atom stereocenters. The first-order valence-corrected chi connectivity index (χ1v) is 8.00. The van der Waals surface area contributed by atoms with Gasteiger partial charge in [-0.05, 0) is 47.4 Å². The number of fused-ring (bicyclic) bond motifs is 1. The highest BCUT2D eigenvalue weighted by Crippen LogP contribution is 2.25. The Kier molecular flexibility index (Phi) is 3.92. The van der Waals surface area contributed by atoms with Crippen molar-refractivity contribution in [1.29, 1.82) is 0 Å². The van der Waals surface area contributed by atoms with Gasteiger partial charge in [-0.15, -0.1) is 0 Å². The molecule has 0 aliphatic carbocycles. The number of aliphatic hydroxyl groups is 1. The van der Waals surface area contributed by atoms with Crippen molar-refractivity contribution in [3.05, 3.63) is 41.5 Å². The van der Waals surface area contributed by atoms with E-state index in [4.69, 9.17) is 5.11 Å². The minimum absolute atomic E-state index is 0.231. The summed E-state index contributed by atoms with van der Waals surface area (Å²) < 4.78 is 23.9. The normalized spacial score (nSPS) is 11.9. The van der Waals surface area contributed by atoms with Crippen molar-refractivity contribution in [3.63, 3.8) is 0 Å². The molecule has 0 atom stereocenters. The molecule has 0 radical (unpaired) electrons. The van der Waals surface area contributed by atoms with Crippen LogP contribution in [-0.4, -0.2) is 25.9 Å². The fourth-order valence-corrected chi connectivity index (χ4v) is 3.44. The van der Waals surface area contributed by atoms with Crippen molar-refractivity contribution in [2.45, 2.75) is 25.2 Å². The number of aliphatic hydroxyl groups excluding tert-OH is 1. The first-order chi connectivity index (χ1) is 8.99. The summed E-state index contributed by atoms with van der Waals surface area (Å²) >= 11 is 0. The third kappa shape index (κ3) is 2.65. The van der Waals surface area contributed by atoms with Gasteiger partial charge in [0.1, 0.15) is 0 Å². The van der Waals surface area contributed by atoms with Gasteiger partial charge in [-0.3, -0.25) is 0 Å². The molecule has 2 aromatic carbocycles. The van der Waals surface area contributed by atoms with E-state index in [-0.39, 0.29) is 17.3 Å². The zero-order valence-corrected chi connectivity index (χ0v) is 12.0. The van der Waals surface area contributed by atoms with E-state index in [1.54, 1.807) is 12.1 Å². The second-order valence-corrected chi connectivity index (χ2v) is 6.75. The van der Waals surface area contributed by atoms with E-state index in [0.29, 0.717) is 0 Å². The van der Waals surface area contributed by atoms with Crippen molar-refractivity contribution in [1.82, 2.24) is 0 Å². The van der Waals surface area contributed by atoms with Gasteiger partial charge in [0.05, 0.1) is 17.3 Å². The summed E-state index contributed by atoms with van der Waals surface area (Å²) in [5, 5.41) is 10.9. The van der Waals surface area contributed by atoms with Crippen molar-refractivity contribution in [2.75, 3.05) is 12.4 Å². The van der Waals surface area contributed by atoms with Gasteiger partial charge in [0.15, 0.2) is 9.84 Å². The van der Waals surface area contributed by atoms with Crippen molar-refractivity contribution < 1.29 is 13.5 Å². The lowest BCUT2D eigenvalue weighted by Crippen LogP contribution is -2.09. The smallest absolute Gasteiger partial charge is 0.180 e. The standard InChI is InChI=1S/C15H18O3S/c1-3-14-11(2)4-5-12-10-13(6-7-15(12)14)19(17,18)9-8-16/h4-7,10,16H,3,8-9H2,1-2H3. The SMILES string of the molecule is CCc1c(C)ccc2cc(S(=O)(=O)CCO)ccc12. The van der Waals surface area contributed by atoms with E-state index in [0.717, 1.165) is 17.2 Å². The van der Waals surface area contributed by atoms with Gasteiger partial charge in [0, 0.05) is 0 Å². The average molecular weight is 278 g/mol. The van der Waals surface area contributed by atoms with E-state index >= 15 is 0 Å². The lowest BCUT2D eigenvalue weighted by atomic mass is 9.98. The van der Waals surface area contributed by atoms with Crippen LogP contribution in [0.4, 0.5) is 0 Å². The van der Waals surface area contributed by atoms with Gasteiger partial charge in [-0.2, -0.15) is 0 Å². The molecule has 0 heterocycles. The van der Waals surface area contributed by atoms with Crippen LogP contribution in [-0.2, 0) is 16.3 Å². The molecular formula is C15H18O3S. The number of benzene rings is 2. The highest BCUT2D eigenvalue weighted by molar-refractivity contribution is 7.91. The largest absolute Gasteiger partial charge is 0.395 e. The molecule has 0 aliphatic rings. The van der Waals surface area contributed by atoms with Crippen molar-refractivity contribution in [3.8, 4) is 0 Å². The molecule has 19 heavy (non-hydrogen) atoms. The summed E-state index contributed by atoms with van der Waals surface area (Å²) in [6, 6.07) is 9.15. The van der Waals surface area contributed by atoms with Gasteiger partial charge in [-0.1, -0.05) is 25.1 Å². The first kappa shape index (κ1) is 14.0. The minimum atomic E-state index is -3.38. The summed E-state index contributed by atoms with van der Waals surface area (Å²) in [5.74, 6) is -0.231. The van der Waals surface area contributed by atoms with Gasteiger partial charge in [-0.25, -0.2) is 8.42 Å². The molecule has 3 nitrogen and oxygen atoms in total. The lowest BCUT2D eigenvalue weighted by Gasteiger charge is -2.10. The summed E-state index contributed by atoms with van der Waals surface area (Å²) in [5.41, 5.74) is 2.48. The number of aryl methyl sites for hydroxylation is 2. The Morgan fingerprint density at radius 1 is 1.16 bits per heavy atom. The van der Waals surface area contributed by atoms with E-state index < -0.39 is 9.84 Å². The van der Waals surface area contributed by atoms with Crippen LogP contribution in [0.15, 0.2) is 35.2 Å². The Hall–Kier alpha value is -1.39. The highest BCUT2D eigenvalue weighted by Gasteiger charge is 2.14. The van der Waals surface area contributed by atoms with Crippen molar-refractivity contribution >= 4 is 20.6 Å². The maximum absolute atomic E-state index is 11.9. The predicted octanol–water partition coefficient (Wildman–Crippen LogP) is 2.48.